The number of aryl methyl sites for hydroxylation is 1. The summed E-state index contributed by atoms with van der Waals surface area (Å²) >= 11 is 0. The molecule has 0 aliphatic heterocycles. The smallest absolute Gasteiger partial charge is 0.343 e. The molecule has 6 rings (SSSR count). The highest BCUT2D eigenvalue weighted by Crippen LogP contribution is 2.33. The van der Waals surface area contributed by atoms with Gasteiger partial charge in [-0.05, 0) is 58.5 Å². The number of hydrogen-bond acceptors (Lipinski definition) is 13. The number of ether oxygens (including phenoxy) is 3. The van der Waals surface area contributed by atoms with Crippen LogP contribution < -0.4 is 0 Å². The molecule has 1 aliphatic rings. The summed E-state index contributed by atoms with van der Waals surface area (Å²) in [4.78, 5) is 36.2. The number of aromatic nitrogens is 6. The van der Waals surface area contributed by atoms with Crippen LogP contribution in [0.1, 0.15) is 54.9 Å². The maximum atomic E-state index is 13.6. The molecule has 0 bridgehead atoms. The molecule has 15 nitrogen and oxygen atoms in total. The Labute approximate surface area is 281 Å². The number of carbonyl (C=O) groups is 2. The molecule has 2 aromatic heterocycles. The van der Waals surface area contributed by atoms with Crippen LogP contribution in [0.4, 0.5) is 0 Å². The van der Waals surface area contributed by atoms with Crippen LogP contribution in [-0.4, -0.2) is 83.5 Å². The number of benzene rings is 3. The molecule has 1 aliphatic carbocycles. The molecule has 5 aromatic rings. The lowest BCUT2D eigenvalue weighted by molar-refractivity contribution is -0.507. The summed E-state index contributed by atoms with van der Waals surface area (Å²) in [5.74, 6) is -0.526. The van der Waals surface area contributed by atoms with Crippen molar-refractivity contribution in [3.8, 4) is 22.5 Å². The summed E-state index contributed by atoms with van der Waals surface area (Å²) in [6.07, 6.45) is -0.607. The van der Waals surface area contributed by atoms with Crippen LogP contribution in [0.25, 0.3) is 33.5 Å². The van der Waals surface area contributed by atoms with E-state index in [0.717, 1.165) is 34.5 Å². The molecule has 49 heavy (non-hydrogen) atoms. The Balaban J connectivity index is 1.20. The van der Waals surface area contributed by atoms with E-state index in [1.165, 1.54) is 14.0 Å². The van der Waals surface area contributed by atoms with E-state index in [1.807, 2.05) is 59.2 Å². The maximum Gasteiger partial charge on any atom is 0.343 e. The van der Waals surface area contributed by atoms with E-state index in [1.54, 1.807) is 12.1 Å². The van der Waals surface area contributed by atoms with Crippen molar-refractivity contribution in [2.24, 2.45) is 5.92 Å². The topological polar surface area (TPSA) is 187 Å². The number of fused-ring (bicyclic) bond motifs is 1. The molecule has 0 saturated heterocycles. The summed E-state index contributed by atoms with van der Waals surface area (Å²) in [6, 6.07) is 21.3. The number of rotatable bonds is 13. The molecular weight excluding hydrogens is 634 g/mol. The summed E-state index contributed by atoms with van der Waals surface area (Å²) < 4.78 is 18.4. The van der Waals surface area contributed by atoms with Gasteiger partial charge in [-0.15, -0.1) is 5.10 Å². The molecule has 3 aromatic carbocycles. The minimum atomic E-state index is -1.20. The number of H-pyrrole nitrogens is 1. The average molecular weight is 672 g/mol. The maximum absolute atomic E-state index is 13.6. The number of methoxy groups -OCH3 is 1. The van der Waals surface area contributed by atoms with E-state index in [9.17, 15) is 9.59 Å². The van der Waals surface area contributed by atoms with Crippen molar-refractivity contribution in [3.63, 3.8) is 0 Å². The van der Waals surface area contributed by atoms with E-state index >= 15 is 0 Å². The SMILES string of the molecule is CCCc1nc2cccc(C(=O)OC(C)OC(=O)[C@@H]3C[C@H](OC)[C@@H](ON(O)O)C3)c2n1Cc1ccc(-c2ccccc2-c2nnn[nH]2)cc1. The number of hydrogen-bond donors (Lipinski definition) is 3. The number of nitrogens with one attached hydrogen (secondary N) is 1. The van der Waals surface area contributed by atoms with Crippen LogP contribution in [0.2, 0.25) is 0 Å². The van der Waals surface area contributed by atoms with Crippen LogP contribution in [0.15, 0.2) is 66.7 Å². The molecule has 1 fully saturated rings. The van der Waals surface area contributed by atoms with Crippen LogP contribution in [0.3, 0.4) is 0 Å². The lowest BCUT2D eigenvalue weighted by atomic mass is 9.98. The van der Waals surface area contributed by atoms with Crippen molar-refractivity contribution in [1.82, 2.24) is 35.6 Å². The first kappa shape index (κ1) is 33.8. The Kier molecular flexibility index (Phi) is 10.4. The van der Waals surface area contributed by atoms with Crippen LogP contribution in [0.5, 0.6) is 0 Å². The van der Waals surface area contributed by atoms with Crippen molar-refractivity contribution in [1.29, 1.82) is 0 Å². The quantitative estimate of drug-likeness (QED) is 0.0886. The van der Waals surface area contributed by atoms with Crippen molar-refractivity contribution >= 4 is 23.0 Å². The molecule has 0 spiro atoms. The Morgan fingerprint density at radius 2 is 1.76 bits per heavy atom. The summed E-state index contributed by atoms with van der Waals surface area (Å²) in [7, 11) is 1.43. The minimum Gasteiger partial charge on any atom is -0.425 e. The zero-order chi connectivity index (χ0) is 34.5. The van der Waals surface area contributed by atoms with Gasteiger partial charge in [-0.3, -0.25) is 15.2 Å². The van der Waals surface area contributed by atoms with E-state index in [-0.39, 0.29) is 12.8 Å². The van der Waals surface area contributed by atoms with Gasteiger partial charge >= 0.3 is 11.9 Å². The highest BCUT2D eigenvalue weighted by atomic mass is 17.1. The Morgan fingerprint density at radius 1 is 1.00 bits per heavy atom. The zero-order valence-corrected chi connectivity index (χ0v) is 27.2. The number of carbonyl (C=O) groups excluding carboxylic acids is 2. The Hall–Kier alpha value is -5.06. The predicted molar refractivity (Wildman–Crippen MR) is 173 cm³/mol. The first-order valence-corrected chi connectivity index (χ1v) is 15.9. The number of para-hydroxylation sites is 1. The predicted octanol–water partition coefficient (Wildman–Crippen LogP) is 4.74. The first-order valence-electron chi connectivity index (χ1n) is 15.9. The van der Waals surface area contributed by atoms with Gasteiger partial charge in [0.15, 0.2) is 5.82 Å². The Bertz CT molecular complexity index is 1890. The third kappa shape index (κ3) is 7.50. The van der Waals surface area contributed by atoms with Gasteiger partial charge in [-0.25, -0.2) is 19.7 Å². The van der Waals surface area contributed by atoms with Crippen molar-refractivity contribution < 1.29 is 39.1 Å². The fourth-order valence-corrected chi connectivity index (χ4v) is 6.30. The lowest BCUT2D eigenvalue weighted by Crippen LogP contribution is -2.31. The molecule has 2 heterocycles. The molecular formula is C34H37N7O8. The molecule has 3 N–H and O–H groups in total. The number of aromatic amines is 1. The largest absolute Gasteiger partial charge is 0.425 e. The highest BCUT2D eigenvalue weighted by Gasteiger charge is 2.41. The van der Waals surface area contributed by atoms with E-state index in [2.05, 4.69) is 27.5 Å². The van der Waals surface area contributed by atoms with Gasteiger partial charge in [0.05, 0.1) is 34.0 Å². The fraction of sp³-hybridized carbons (Fsp3) is 0.353. The van der Waals surface area contributed by atoms with Gasteiger partial charge in [-0.2, -0.15) is 0 Å². The van der Waals surface area contributed by atoms with Crippen LogP contribution in [0, 0.1) is 5.92 Å². The highest BCUT2D eigenvalue weighted by molar-refractivity contribution is 6.02. The number of imidazole rings is 1. The van der Waals surface area contributed by atoms with Crippen molar-refractivity contribution in [2.45, 2.75) is 64.6 Å². The molecule has 1 saturated carbocycles. The standard InChI is InChI=1S/C34H37N7O8/c1-4-8-30-35-27-12-7-11-26(34(43)48-20(2)47-33(42)23-17-28(46-3)29(18-23)49-41(44)45)31(27)40(30)19-21-13-15-22(16-14-21)24-9-5-6-10-25(24)32-36-38-39-37-32/h5-7,9-16,20,23,28-29,44-45H,4,8,17-19H2,1-3H3,(H,36,37,38,39)/t20?,23-,28+,29+/m1/s1. The molecule has 15 heteroatoms. The normalized spacial score (nSPS) is 18.2. The van der Waals surface area contributed by atoms with Crippen molar-refractivity contribution in [2.75, 3.05) is 7.11 Å². The van der Waals surface area contributed by atoms with E-state index in [4.69, 9.17) is 34.4 Å². The van der Waals surface area contributed by atoms with E-state index in [0.29, 0.717) is 35.4 Å². The third-order valence-electron chi connectivity index (χ3n) is 8.54. The fourth-order valence-electron chi connectivity index (χ4n) is 6.30. The molecule has 0 amide bonds. The summed E-state index contributed by atoms with van der Waals surface area (Å²) in [6.45, 7) is 4.00. The number of tetrazole rings is 1. The van der Waals surface area contributed by atoms with Gasteiger partial charge in [0.1, 0.15) is 11.9 Å². The second-order valence-electron chi connectivity index (χ2n) is 11.8. The Morgan fingerprint density at radius 3 is 2.45 bits per heavy atom. The summed E-state index contributed by atoms with van der Waals surface area (Å²) in [5.41, 5.74) is 5.43. The van der Waals surface area contributed by atoms with Gasteiger partial charge in [0.25, 0.3) is 0 Å². The molecule has 4 atom stereocenters. The van der Waals surface area contributed by atoms with Gasteiger partial charge < -0.3 is 18.8 Å². The molecule has 0 radical (unpaired) electrons. The number of nitrogens with zero attached hydrogens (tertiary/aromatic N) is 6. The lowest BCUT2D eigenvalue weighted by Gasteiger charge is -2.18. The van der Waals surface area contributed by atoms with Crippen molar-refractivity contribution in [3.05, 3.63) is 83.7 Å². The van der Waals surface area contributed by atoms with Gasteiger partial charge in [-0.1, -0.05) is 61.5 Å². The first-order chi connectivity index (χ1) is 23.7. The third-order valence-corrected chi connectivity index (χ3v) is 8.54. The second kappa shape index (κ2) is 15.0. The second-order valence-corrected chi connectivity index (χ2v) is 11.8. The number of esters is 2. The molecule has 1 unspecified atom stereocenters. The van der Waals surface area contributed by atoms with Gasteiger partial charge in [0, 0.05) is 32.6 Å². The van der Waals surface area contributed by atoms with Crippen LogP contribution in [-0.2, 0) is 36.8 Å². The summed E-state index contributed by atoms with van der Waals surface area (Å²) in [5, 5.41) is 32.0. The zero-order valence-electron chi connectivity index (χ0n) is 27.2. The molecule has 256 valence electrons. The minimum absolute atomic E-state index is 0.126. The average Bonchev–Trinajstić information content (AvgIpc) is 3.85. The van der Waals surface area contributed by atoms with Crippen LogP contribution >= 0.6 is 0 Å². The van der Waals surface area contributed by atoms with Gasteiger partial charge in [0.2, 0.25) is 6.29 Å². The van der Waals surface area contributed by atoms with E-state index < -0.39 is 41.7 Å². The monoisotopic (exact) mass is 671 g/mol.